The summed E-state index contributed by atoms with van der Waals surface area (Å²) in [4.78, 5) is 16.9. The van der Waals surface area contributed by atoms with Crippen molar-refractivity contribution in [3.05, 3.63) is 41.5 Å². The van der Waals surface area contributed by atoms with Crippen LogP contribution in [0.5, 0.6) is 5.75 Å². The zero-order valence-electron chi connectivity index (χ0n) is 18.7. The summed E-state index contributed by atoms with van der Waals surface area (Å²) in [5, 5.41) is 17.8. The summed E-state index contributed by atoms with van der Waals surface area (Å²) in [7, 11) is 3.57. The Labute approximate surface area is 200 Å². The highest BCUT2D eigenvalue weighted by molar-refractivity contribution is 14.0. The quantitative estimate of drug-likeness (QED) is 0.294. The summed E-state index contributed by atoms with van der Waals surface area (Å²) in [6.45, 7) is 7.13. The van der Waals surface area contributed by atoms with Gasteiger partial charge in [0.25, 0.3) is 0 Å². The van der Waals surface area contributed by atoms with E-state index in [2.05, 4.69) is 32.2 Å². The average Bonchev–Trinajstić information content (AvgIpc) is 3.07. The smallest absolute Gasteiger partial charge is 0.227 e. The van der Waals surface area contributed by atoms with Crippen LogP contribution >= 0.6 is 24.0 Å². The number of aliphatic imine (C=N–C) groups is 1. The Morgan fingerprint density at radius 2 is 2.06 bits per heavy atom. The number of guanidine groups is 1. The van der Waals surface area contributed by atoms with Gasteiger partial charge in [-0.05, 0) is 26.8 Å². The second kappa shape index (κ2) is 10.8. The maximum absolute atomic E-state index is 12.2. The van der Waals surface area contributed by atoms with Gasteiger partial charge in [-0.25, -0.2) is 4.99 Å². The maximum Gasteiger partial charge on any atom is 0.227 e. The van der Waals surface area contributed by atoms with Crippen molar-refractivity contribution < 1.29 is 9.53 Å². The van der Waals surface area contributed by atoms with E-state index < -0.39 is 5.41 Å². The molecule has 3 rings (SSSR count). The van der Waals surface area contributed by atoms with Gasteiger partial charge in [0, 0.05) is 32.6 Å². The van der Waals surface area contributed by atoms with Crippen molar-refractivity contribution in [1.82, 2.24) is 30.7 Å². The molecule has 0 spiro atoms. The van der Waals surface area contributed by atoms with Gasteiger partial charge in [-0.15, -0.1) is 34.2 Å². The normalized spacial score (nSPS) is 15.9. The van der Waals surface area contributed by atoms with Crippen LogP contribution in [-0.2, 0) is 18.4 Å². The molecule has 9 nitrogen and oxygen atoms in total. The lowest BCUT2D eigenvalue weighted by Gasteiger charge is -2.29. The van der Waals surface area contributed by atoms with Gasteiger partial charge in [0.05, 0.1) is 18.1 Å². The number of amides is 1. The summed E-state index contributed by atoms with van der Waals surface area (Å²) in [5.74, 6) is 3.08. The minimum atomic E-state index is -0.591. The highest BCUT2D eigenvalue weighted by Crippen LogP contribution is 2.31. The van der Waals surface area contributed by atoms with Crippen molar-refractivity contribution in [2.75, 3.05) is 20.2 Å². The summed E-state index contributed by atoms with van der Waals surface area (Å²) in [5.41, 5.74) is 0.505. The molecule has 1 aliphatic rings. The molecular weight excluding hydrogens is 509 g/mol. The second-order valence-corrected chi connectivity index (χ2v) is 8.08. The van der Waals surface area contributed by atoms with Gasteiger partial charge in [0.1, 0.15) is 18.1 Å². The number of hydrogen-bond donors (Lipinski definition) is 3. The zero-order chi connectivity index (χ0) is 21.7. The molecule has 1 atom stereocenters. The molecule has 10 heteroatoms. The van der Waals surface area contributed by atoms with E-state index in [-0.39, 0.29) is 35.9 Å². The number of carbonyl (C=O) groups excluding carboxylic acids is 1. The summed E-state index contributed by atoms with van der Waals surface area (Å²) < 4.78 is 7.68. The van der Waals surface area contributed by atoms with Crippen molar-refractivity contribution in [3.8, 4) is 5.75 Å². The van der Waals surface area contributed by atoms with Crippen LogP contribution in [-0.4, -0.2) is 46.8 Å². The van der Waals surface area contributed by atoms with E-state index in [1.54, 1.807) is 7.05 Å². The third-order valence-corrected chi connectivity index (χ3v) is 5.37. The van der Waals surface area contributed by atoms with Crippen LogP contribution in [0.1, 0.15) is 43.5 Å². The average molecular weight is 541 g/mol. The standard InChI is InChI=1S/C21H31N7O2.HI/c1-14-26-27-18(28(14)5)12-23-20(24-13-21(2,3)19(29)22-4)25-16-10-11-30-17-9-7-6-8-15(16)17;/h6-9,16H,10-13H2,1-5H3,(H,22,29)(H2,23,24,25);1H. The lowest BCUT2D eigenvalue weighted by atomic mass is 9.92. The first-order chi connectivity index (χ1) is 14.3. The number of halogens is 1. The summed E-state index contributed by atoms with van der Waals surface area (Å²) in [6, 6.07) is 8.07. The number of nitrogens with zero attached hydrogens (tertiary/aromatic N) is 4. The Bertz CT molecular complexity index is 926. The van der Waals surface area contributed by atoms with E-state index in [9.17, 15) is 4.79 Å². The third-order valence-electron chi connectivity index (χ3n) is 5.37. The summed E-state index contributed by atoms with van der Waals surface area (Å²) in [6.07, 6.45) is 0.819. The number of aryl methyl sites for hydroxylation is 1. The van der Waals surface area contributed by atoms with Crippen LogP contribution in [0.3, 0.4) is 0 Å². The fourth-order valence-electron chi connectivity index (χ4n) is 3.27. The number of para-hydroxylation sites is 1. The molecule has 0 saturated carbocycles. The molecule has 2 aromatic rings. The number of benzene rings is 1. The first-order valence-electron chi connectivity index (χ1n) is 10.2. The Balaban J connectivity index is 0.00000341. The van der Waals surface area contributed by atoms with E-state index in [4.69, 9.17) is 9.73 Å². The van der Waals surface area contributed by atoms with E-state index in [1.165, 1.54) is 0 Å². The second-order valence-electron chi connectivity index (χ2n) is 8.08. The molecule has 170 valence electrons. The van der Waals surface area contributed by atoms with Crippen LogP contribution in [0.4, 0.5) is 0 Å². The van der Waals surface area contributed by atoms with Gasteiger partial charge in [-0.1, -0.05) is 18.2 Å². The number of fused-ring (bicyclic) bond motifs is 1. The Hall–Kier alpha value is -2.37. The maximum atomic E-state index is 12.2. The van der Waals surface area contributed by atoms with Crippen LogP contribution in [0.2, 0.25) is 0 Å². The molecule has 1 aromatic heterocycles. The van der Waals surface area contributed by atoms with Gasteiger partial charge in [-0.2, -0.15) is 0 Å². The predicted octanol–water partition coefficient (Wildman–Crippen LogP) is 2.07. The van der Waals surface area contributed by atoms with Gasteiger partial charge in [0.2, 0.25) is 5.91 Å². The van der Waals surface area contributed by atoms with Crippen molar-refractivity contribution >= 4 is 35.8 Å². The van der Waals surface area contributed by atoms with Crippen molar-refractivity contribution in [2.45, 2.75) is 39.8 Å². The first-order valence-corrected chi connectivity index (χ1v) is 10.2. The molecule has 0 radical (unpaired) electrons. The lowest BCUT2D eigenvalue weighted by Crippen LogP contribution is -2.48. The molecule has 0 saturated heterocycles. The molecule has 1 aromatic carbocycles. The summed E-state index contributed by atoms with van der Waals surface area (Å²) >= 11 is 0. The van der Waals surface area contributed by atoms with Gasteiger partial charge in [-0.3, -0.25) is 4.79 Å². The molecule has 2 heterocycles. The molecule has 31 heavy (non-hydrogen) atoms. The van der Waals surface area contributed by atoms with Crippen LogP contribution in [0, 0.1) is 12.3 Å². The van der Waals surface area contributed by atoms with Crippen LogP contribution < -0.4 is 20.7 Å². The molecule has 3 N–H and O–H groups in total. The van der Waals surface area contributed by atoms with Gasteiger partial charge in [0.15, 0.2) is 11.8 Å². The zero-order valence-corrected chi connectivity index (χ0v) is 21.1. The molecule has 1 aliphatic heterocycles. The largest absolute Gasteiger partial charge is 0.493 e. The number of nitrogens with one attached hydrogen (secondary N) is 3. The predicted molar refractivity (Wildman–Crippen MR) is 131 cm³/mol. The molecule has 0 aliphatic carbocycles. The van der Waals surface area contributed by atoms with Crippen LogP contribution in [0.15, 0.2) is 29.3 Å². The topological polar surface area (TPSA) is 105 Å². The van der Waals surface area contributed by atoms with E-state index >= 15 is 0 Å². The SMILES string of the molecule is CNC(=O)C(C)(C)CNC(=NCc1nnc(C)n1C)NC1CCOc2ccccc21.I. The Morgan fingerprint density at radius 3 is 2.74 bits per heavy atom. The molecule has 1 unspecified atom stereocenters. The fourth-order valence-corrected chi connectivity index (χ4v) is 3.27. The molecule has 0 fully saturated rings. The fraction of sp³-hybridized carbons (Fsp3) is 0.524. The van der Waals surface area contributed by atoms with E-state index in [0.29, 0.717) is 25.7 Å². The van der Waals surface area contributed by atoms with Gasteiger partial charge >= 0.3 is 0 Å². The highest BCUT2D eigenvalue weighted by Gasteiger charge is 2.28. The number of rotatable bonds is 6. The van der Waals surface area contributed by atoms with Crippen molar-refractivity contribution in [1.29, 1.82) is 0 Å². The highest BCUT2D eigenvalue weighted by atomic mass is 127. The lowest BCUT2D eigenvalue weighted by molar-refractivity contribution is -0.128. The molecular formula is C21H32IN7O2. The monoisotopic (exact) mass is 541 g/mol. The minimum absolute atomic E-state index is 0. The van der Waals surface area contributed by atoms with Crippen LogP contribution in [0.25, 0.3) is 0 Å². The minimum Gasteiger partial charge on any atom is -0.493 e. The van der Waals surface area contributed by atoms with Crippen molar-refractivity contribution in [3.63, 3.8) is 0 Å². The van der Waals surface area contributed by atoms with Gasteiger partial charge < -0.3 is 25.3 Å². The molecule has 0 bridgehead atoms. The molecule has 1 amide bonds. The van der Waals surface area contributed by atoms with E-state index in [0.717, 1.165) is 29.4 Å². The third kappa shape index (κ3) is 6.08. The van der Waals surface area contributed by atoms with E-state index in [1.807, 2.05) is 50.6 Å². The Kier molecular flexibility index (Phi) is 8.66. The Morgan fingerprint density at radius 1 is 1.32 bits per heavy atom. The number of hydrogen-bond acceptors (Lipinski definition) is 5. The number of ether oxygens (including phenoxy) is 1. The van der Waals surface area contributed by atoms with Crippen molar-refractivity contribution in [2.24, 2.45) is 17.5 Å². The first kappa shape index (κ1) is 24.9. The number of aromatic nitrogens is 3. The number of carbonyl (C=O) groups is 1.